The van der Waals surface area contributed by atoms with Gasteiger partial charge in [-0.25, -0.2) is 4.79 Å². The summed E-state index contributed by atoms with van der Waals surface area (Å²) in [5.74, 6) is -0.924. The van der Waals surface area contributed by atoms with E-state index in [9.17, 15) is 9.59 Å². The van der Waals surface area contributed by atoms with Gasteiger partial charge in [-0.3, -0.25) is 4.79 Å². The minimum atomic E-state index is -0.670. The van der Waals surface area contributed by atoms with Crippen LogP contribution in [0.2, 0.25) is 10.0 Å². The summed E-state index contributed by atoms with van der Waals surface area (Å²) in [7, 11) is 0. The standard InChI is InChI=1S/C16H16Cl2N4O3/c1-2-25-16(24)14-13(19-21-20-14)15(23)22-6-5-9(8-22)11-4-3-10(17)7-12(11)18/h3-4,7,9H,2,5-6,8H2,1H3,(H,19,20,21). The number of H-pyrrole nitrogens is 1. The van der Waals surface area contributed by atoms with E-state index in [2.05, 4.69) is 15.4 Å². The number of ether oxygens (including phenoxy) is 1. The van der Waals surface area contributed by atoms with Crippen LogP contribution in [0.5, 0.6) is 0 Å². The third-order valence-electron chi connectivity index (χ3n) is 4.10. The predicted molar refractivity (Wildman–Crippen MR) is 92.1 cm³/mol. The first-order valence-electron chi connectivity index (χ1n) is 7.83. The molecule has 0 radical (unpaired) electrons. The van der Waals surface area contributed by atoms with Gasteiger partial charge in [0, 0.05) is 29.1 Å². The van der Waals surface area contributed by atoms with Crippen LogP contribution in [0.4, 0.5) is 0 Å². The molecule has 1 amide bonds. The summed E-state index contributed by atoms with van der Waals surface area (Å²) in [6, 6.07) is 5.35. The topological polar surface area (TPSA) is 88.2 Å². The Balaban J connectivity index is 1.75. The van der Waals surface area contributed by atoms with Gasteiger partial charge in [-0.1, -0.05) is 29.3 Å². The molecule has 9 heteroatoms. The van der Waals surface area contributed by atoms with Crippen LogP contribution in [-0.4, -0.2) is 51.9 Å². The molecule has 1 aliphatic rings. The van der Waals surface area contributed by atoms with Gasteiger partial charge < -0.3 is 9.64 Å². The van der Waals surface area contributed by atoms with Crippen molar-refractivity contribution >= 4 is 35.1 Å². The number of hydrogen-bond donors (Lipinski definition) is 1. The molecule has 1 atom stereocenters. The molecule has 1 saturated heterocycles. The van der Waals surface area contributed by atoms with Gasteiger partial charge in [-0.05, 0) is 31.0 Å². The van der Waals surface area contributed by atoms with Gasteiger partial charge in [-0.2, -0.15) is 5.21 Å². The van der Waals surface area contributed by atoms with Crippen LogP contribution >= 0.6 is 23.2 Å². The Kier molecular flexibility index (Phi) is 5.24. The second-order valence-electron chi connectivity index (χ2n) is 5.64. The summed E-state index contributed by atoms with van der Waals surface area (Å²) in [6.07, 6.45) is 0.764. The molecule has 0 bridgehead atoms. The fourth-order valence-electron chi connectivity index (χ4n) is 2.90. The number of carbonyl (C=O) groups excluding carboxylic acids is 2. The average molecular weight is 383 g/mol. The maximum atomic E-state index is 12.7. The van der Waals surface area contributed by atoms with Gasteiger partial charge in [0.15, 0.2) is 5.69 Å². The third kappa shape index (κ3) is 3.62. The van der Waals surface area contributed by atoms with Gasteiger partial charge >= 0.3 is 5.97 Å². The first-order valence-corrected chi connectivity index (χ1v) is 8.59. The molecule has 25 heavy (non-hydrogen) atoms. The van der Waals surface area contributed by atoms with E-state index in [-0.39, 0.29) is 29.8 Å². The molecule has 7 nitrogen and oxygen atoms in total. The van der Waals surface area contributed by atoms with Crippen LogP contribution in [0.25, 0.3) is 0 Å². The Morgan fingerprint density at radius 2 is 2.08 bits per heavy atom. The van der Waals surface area contributed by atoms with E-state index in [0.717, 1.165) is 12.0 Å². The maximum Gasteiger partial charge on any atom is 0.361 e. The normalized spacial score (nSPS) is 16.9. The molecule has 0 saturated carbocycles. The van der Waals surface area contributed by atoms with Gasteiger partial charge in [0.2, 0.25) is 5.69 Å². The largest absolute Gasteiger partial charge is 0.461 e. The number of carbonyl (C=O) groups is 2. The highest BCUT2D eigenvalue weighted by Crippen LogP contribution is 2.34. The molecule has 1 fully saturated rings. The Morgan fingerprint density at radius 1 is 1.32 bits per heavy atom. The van der Waals surface area contributed by atoms with E-state index in [0.29, 0.717) is 23.1 Å². The molecule has 0 spiro atoms. The van der Waals surface area contributed by atoms with Crippen molar-refractivity contribution < 1.29 is 14.3 Å². The predicted octanol–water partition coefficient (Wildman–Crippen LogP) is 2.92. The molecular formula is C16H16Cl2N4O3. The van der Waals surface area contributed by atoms with Gasteiger partial charge in [0.1, 0.15) is 0 Å². The van der Waals surface area contributed by atoms with Crippen LogP contribution in [0.15, 0.2) is 18.2 Å². The lowest BCUT2D eigenvalue weighted by molar-refractivity contribution is 0.0512. The number of rotatable bonds is 4. The van der Waals surface area contributed by atoms with E-state index in [4.69, 9.17) is 27.9 Å². The first-order chi connectivity index (χ1) is 12.0. The molecular weight excluding hydrogens is 367 g/mol. The molecule has 1 aromatic heterocycles. The molecule has 132 valence electrons. The van der Waals surface area contributed by atoms with Crippen LogP contribution in [0.1, 0.15) is 45.8 Å². The van der Waals surface area contributed by atoms with Crippen molar-refractivity contribution in [3.8, 4) is 0 Å². The number of nitrogens with one attached hydrogen (secondary N) is 1. The lowest BCUT2D eigenvalue weighted by Crippen LogP contribution is -2.30. The first kappa shape index (κ1) is 17.7. The summed E-state index contributed by atoms with van der Waals surface area (Å²) in [4.78, 5) is 26.2. The Labute approximate surface area is 154 Å². The van der Waals surface area contributed by atoms with E-state index < -0.39 is 5.97 Å². The van der Waals surface area contributed by atoms with Crippen molar-refractivity contribution in [3.63, 3.8) is 0 Å². The van der Waals surface area contributed by atoms with Crippen LogP contribution < -0.4 is 0 Å². The van der Waals surface area contributed by atoms with Crippen LogP contribution in [0, 0.1) is 0 Å². The minimum absolute atomic E-state index is 0.0266. The van der Waals surface area contributed by atoms with E-state index in [1.54, 1.807) is 24.0 Å². The smallest absolute Gasteiger partial charge is 0.361 e. The summed E-state index contributed by atoms with van der Waals surface area (Å²) in [5.41, 5.74) is 0.827. The zero-order valence-electron chi connectivity index (χ0n) is 13.5. The van der Waals surface area contributed by atoms with E-state index >= 15 is 0 Å². The number of esters is 1. The molecule has 3 rings (SSSR count). The van der Waals surface area contributed by atoms with E-state index in [1.807, 2.05) is 6.07 Å². The zero-order valence-corrected chi connectivity index (χ0v) is 15.0. The molecule has 1 aliphatic heterocycles. The Morgan fingerprint density at radius 3 is 2.80 bits per heavy atom. The number of aromatic amines is 1. The Bertz CT molecular complexity index is 808. The number of hydrogen-bond acceptors (Lipinski definition) is 5. The van der Waals surface area contributed by atoms with Crippen molar-refractivity contribution in [2.75, 3.05) is 19.7 Å². The summed E-state index contributed by atoms with van der Waals surface area (Å²) in [5, 5.41) is 11.0. The molecule has 1 N–H and O–H groups in total. The lowest BCUT2D eigenvalue weighted by atomic mass is 9.98. The minimum Gasteiger partial charge on any atom is -0.461 e. The monoisotopic (exact) mass is 382 g/mol. The van der Waals surface area contributed by atoms with Crippen molar-refractivity contribution in [1.82, 2.24) is 20.3 Å². The quantitative estimate of drug-likeness (QED) is 0.821. The van der Waals surface area contributed by atoms with Crippen molar-refractivity contribution in [2.24, 2.45) is 0 Å². The van der Waals surface area contributed by atoms with Crippen molar-refractivity contribution in [2.45, 2.75) is 19.3 Å². The number of amides is 1. The number of benzene rings is 1. The molecule has 1 aromatic carbocycles. The highest BCUT2D eigenvalue weighted by molar-refractivity contribution is 6.35. The van der Waals surface area contributed by atoms with Gasteiger partial charge in [-0.15, -0.1) is 10.2 Å². The van der Waals surface area contributed by atoms with Crippen molar-refractivity contribution in [3.05, 3.63) is 45.2 Å². The number of likely N-dealkylation sites (tertiary alicyclic amines) is 1. The third-order valence-corrected chi connectivity index (χ3v) is 4.66. The average Bonchev–Trinajstić information content (AvgIpc) is 3.24. The van der Waals surface area contributed by atoms with Crippen LogP contribution in [0.3, 0.4) is 0 Å². The fourth-order valence-corrected chi connectivity index (χ4v) is 3.47. The summed E-state index contributed by atoms with van der Waals surface area (Å²) >= 11 is 12.2. The lowest BCUT2D eigenvalue weighted by Gasteiger charge is -2.16. The van der Waals surface area contributed by atoms with Gasteiger partial charge in [0.05, 0.1) is 6.61 Å². The fraction of sp³-hybridized carbons (Fsp3) is 0.375. The molecule has 1 unspecified atom stereocenters. The number of halogens is 2. The molecule has 2 heterocycles. The highest BCUT2D eigenvalue weighted by atomic mass is 35.5. The summed E-state index contributed by atoms with van der Waals surface area (Å²) in [6.45, 7) is 2.90. The second-order valence-corrected chi connectivity index (χ2v) is 6.49. The van der Waals surface area contributed by atoms with E-state index in [1.165, 1.54) is 0 Å². The molecule has 0 aliphatic carbocycles. The zero-order chi connectivity index (χ0) is 18.0. The number of aromatic nitrogens is 3. The van der Waals surface area contributed by atoms with Crippen molar-refractivity contribution in [1.29, 1.82) is 0 Å². The second kappa shape index (κ2) is 7.41. The highest BCUT2D eigenvalue weighted by Gasteiger charge is 2.33. The maximum absolute atomic E-state index is 12.7. The Hall–Kier alpha value is -2.12. The number of nitrogens with zero attached hydrogens (tertiary/aromatic N) is 3. The molecule has 2 aromatic rings. The van der Waals surface area contributed by atoms with Crippen LogP contribution in [-0.2, 0) is 4.74 Å². The summed E-state index contributed by atoms with van der Waals surface area (Å²) < 4.78 is 4.89. The van der Waals surface area contributed by atoms with Gasteiger partial charge in [0.25, 0.3) is 5.91 Å². The SMILES string of the molecule is CCOC(=O)c1n[nH]nc1C(=O)N1CCC(c2ccc(Cl)cc2Cl)C1.